The lowest BCUT2D eigenvalue weighted by Crippen LogP contribution is -2.22. The van der Waals surface area contributed by atoms with Gasteiger partial charge >= 0.3 is 0 Å². The Morgan fingerprint density at radius 2 is 1.71 bits per heavy atom. The smallest absolute Gasteiger partial charge is 0.172 e. The highest BCUT2D eigenvalue weighted by Crippen LogP contribution is 2.37. The minimum Gasteiger partial charge on any atom is -0.354 e. The van der Waals surface area contributed by atoms with Crippen molar-refractivity contribution in [3.8, 4) is 0 Å². The molecule has 1 aromatic carbocycles. The molecule has 0 radical (unpaired) electrons. The number of benzene rings is 1. The normalized spacial score (nSPS) is 14.9. The molecule has 17 heavy (non-hydrogen) atoms. The molecule has 2 nitrogen and oxygen atoms in total. The van der Waals surface area contributed by atoms with Crippen LogP contribution >= 0.6 is 11.8 Å². The van der Waals surface area contributed by atoms with Gasteiger partial charge in [0.25, 0.3) is 0 Å². The molecule has 0 aliphatic carbocycles. The van der Waals surface area contributed by atoms with E-state index in [9.17, 15) is 0 Å². The molecule has 0 saturated carbocycles. The van der Waals surface area contributed by atoms with Crippen molar-refractivity contribution in [2.24, 2.45) is 0 Å². The van der Waals surface area contributed by atoms with Crippen molar-refractivity contribution in [1.82, 2.24) is 0 Å². The predicted octanol–water partition coefficient (Wildman–Crippen LogP) is 3.88. The maximum absolute atomic E-state index is 5.42. The summed E-state index contributed by atoms with van der Waals surface area (Å²) in [6.07, 6.45) is 0.949. The average Bonchev–Trinajstić information content (AvgIpc) is 2.39. The van der Waals surface area contributed by atoms with E-state index in [-0.39, 0.29) is 11.5 Å². The Kier molecular flexibility index (Phi) is 6.63. The number of hydrogen-bond donors (Lipinski definition) is 0. The molecule has 0 spiro atoms. The van der Waals surface area contributed by atoms with Crippen molar-refractivity contribution in [2.45, 2.75) is 37.1 Å². The van der Waals surface area contributed by atoms with Crippen molar-refractivity contribution < 1.29 is 9.47 Å². The third kappa shape index (κ3) is 4.34. The van der Waals surface area contributed by atoms with Crippen LogP contribution in [0, 0.1) is 0 Å². The van der Waals surface area contributed by atoms with E-state index >= 15 is 0 Å². The Hall–Kier alpha value is -0.510. The molecule has 0 aromatic heterocycles. The standard InChI is InChI=1S/C14H22O2S/c1-5-11(2)17-13(14(15-3)16-4)12-9-7-6-8-10-12/h6-11,13-14H,5H2,1-4H3. The number of rotatable bonds is 7. The molecule has 1 rings (SSSR count). The first-order chi connectivity index (χ1) is 8.22. The number of methoxy groups -OCH3 is 2. The molecule has 3 heteroatoms. The van der Waals surface area contributed by atoms with Crippen LogP contribution in [0.1, 0.15) is 31.1 Å². The molecule has 0 N–H and O–H groups in total. The summed E-state index contributed by atoms with van der Waals surface area (Å²) in [6.45, 7) is 4.44. The number of ether oxygens (including phenoxy) is 2. The zero-order chi connectivity index (χ0) is 12.7. The Bertz CT molecular complexity index is 298. The fraction of sp³-hybridized carbons (Fsp3) is 0.571. The zero-order valence-corrected chi connectivity index (χ0v) is 11.9. The molecule has 1 aromatic rings. The topological polar surface area (TPSA) is 18.5 Å². The van der Waals surface area contributed by atoms with Crippen LogP contribution in [0.5, 0.6) is 0 Å². The van der Waals surface area contributed by atoms with Crippen LogP contribution in [0.3, 0.4) is 0 Å². The molecule has 0 amide bonds. The van der Waals surface area contributed by atoms with Crippen molar-refractivity contribution >= 4 is 11.8 Å². The largest absolute Gasteiger partial charge is 0.354 e. The summed E-state index contributed by atoms with van der Waals surface area (Å²) in [5, 5.41) is 0.814. The second-order valence-electron chi connectivity index (χ2n) is 4.03. The summed E-state index contributed by atoms with van der Waals surface area (Å²) in [7, 11) is 3.39. The maximum atomic E-state index is 5.42. The maximum Gasteiger partial charge on any atom is 0.172 e. The van der Waals surface area contributed by atoms with Gasteiger partial charge in [0.15, 0.2) is 6.29 Å². The highest BCUT2D eigenvalue weighted by molar-refractivity contribution is 8.00. The van der Waals surface area contributed by atoms with E-state index in [2.05, 4.69) is 38.1 Å². The van der Waals surface area contributed by atoms with Crippen LogP contribution in [0.2, 0.25) is 0 Å². The van der Waals surface area contributed by atoms with Crippen molar-refractivity contribution in [2.75, 3.05) is 14.2 Å². The van der Waals surface area contributed by atoms with Gasteiger partial charge in [0.05, 0.1) is 5.25 Å². The molecule has 0 heterocycles. The van der Waals surface area contributed by atoms with Crippen LogP contribution in [0.15, 0.2) is 30.3 Å². The first-order valence-corrected chi connectivity index (χ1v) is 6.93. The number of hydrogen-bond acceptors (Lipinski definition) is 3. The minimum atomic E-state index is -0.198. The predicted molar refractivity (Wildman–Crippen MR) is 74.3 cm³/mol. The van der Waals surface area contributed by atoms with Gasteiger partial charge in [-0.05, 0) is 12.0 Å². The fourth-order valence-corrected chi connectivity index (χ4v) is 2.99. The lowest BCUT2D eigenvalue weighted by atomic mass is 10.1. The van der Waals surface area contributed by atoms with E-state index < -0.39 is 0 Å². The summed E-state index contributed by atoms with van der Waals surface area (Å²) in [4.78, 5) is 0. The lowest BCUT2D eigenvalue weighted by Gasteiger charge is -2.27. The molecule has 0 aliphatic rings. The summed E-state index contributed by atoms with van der Waals surface area (Å²) < 4.78 is 10.8. The van der Waals surface area contributed by atoms with Gasteiger partial charge in [0.1, 0.15) is 0 Å². The van der Waals surface area contributed by atoms with E-state index in [1.165, 1.54) is 5.56 Å². The Balaban J connectivity index is 2.85. The van der Waals surface area contributed by atoms with Gasteiger partial charge < -0.3 is 9.47 Å². The third-order valence-corrected chi connectivity index (χ3v) is 4.38. The van der Waals surface area contributed by atoms with E-state index in [0.29, 0.717) is 5.25 Å². The van der Waals surface area contributed by atoms with Crippen molar-refractivity contribution in [3.63, 3.8) is 0 Å². The van der Waals surface area contributed by atoms with E-state index in [4.69, 9.17) is 9.47 Å². The molecule has 0 bridgehead atoms. The average molecular weight is 254 g/mol. The molecule has 2 atom stereocenters. The molecule has 2 unspecified atom stereocenters. The van der Waals surface area contributed by atoms with E-state index in [1.54, 1.807) is 14.2 Å². The molecule has 96 valence electrons. The van der Waals surface area contributed by atoms with E-state index in [0.717, 1.165) is 6.42 Å². The van der Waals surface area contributed by atoms with Gasteiger partial charge in [-0.25, -0.2) is 0 Å². The van der Waals surface area contributed by atoms with Gasteiger partial charge in [-0.2, -0.15) is 0 Å². The Morgan fingerprint density at radius 3 is 2.18 bits per heavy atom. The lowest BCUT2D eigenvalue weighted by molar-refractivity contribution is -0.102. The van der Waals surface area contributed by atoms with Gasteiger partial charge in [-0.15, -0.1) is 11.8 Å². The van der Waals surface area contributed by atoms with Gasteiger partial charge in [-0.1, -0.05) is 44.2 Å². The van der Waals surface area contributed by atoms with Gasteiger partial charge in [-0.3, -0.25) is 0 Å². The SMILES string of the molecule is CCC(C)SC(c1ccccc1)C(OC)OC. The monoisotopic (exact) mass is 254 g/mol. The first kappa shape index (κ1) is 14.6. The van der Waals surface area contributed by atoms with Crippen LogP contribution < -0.4 is 0 Å². The van der Waals surface area contributed by atoms with Crippen LogP contribution in [0.25, 0.3) is 0 Å². The van der Waals surface area contributed by atoms with Crippen molar-refractivity contribution in [1.29, 1.82) is 0 Å². The molecule has 0 saturated heterocycles. The Morgan fingerprint density at radius 1 is 1.12 bits per heavy atom. The third-order valence-electron chi connectivity index (χ3n) is 2.79. The quantitative estimate of drug-likeness (QED) is 0.688. The van der Waals surface area contributed by atoms with E-state index in [1.807, 2.05) is 17.8 Å². The van der Waals surface area contributed by atoms with Crippen LogP contribution in [-0.4, -0.2) is 25.8 Å². The second-order valence-corrected chi connectivity index (χ2v) is 5.61. The highest BCUT2D eigenvalue weighted by atomic mass is 32.2. The van der Waals surface area contributed by atoms with Gasteiger partial charge in [0.2, 0.25) is 0 Å². The summed E-state index contributed by atoms with van der Waals surface area (Å²) >= 11 is 1.91. The van der Waals surface area contributed by atoms with Crippen LogP contribution in [0.4, 0.5) is 0 Å². The molecule has 0 aliphatic heterocycles. The van der Waals surface area contributed by atoms with Gasteiger partial charge in [0, 0.05) is 19.5 Å². The summed E-state index contributed by atoms with van der Waals surface area (Å²) in [6, 6.07) is 10.4. The number of thioether (sulfide) groups is 1. The first-order valence-electron chi connectivity index (χ1n) is 5.98. The highest BCUT2D eigenvalue weighted by Gasteiger charge is 2.24. The summed E-state index contributed by atoms with van der Waals surface area (Å²) in [5.41, 5.74) is 1.26. The molecular weight excluding hydrogens is 232 g/mol. The fourth-order valence-electron chi connectivity index (χ4n) is 1.63. The molecular formula is C14H22O2S. The van der Waals surface area contributed by atoms with Crippen LogP contribution in [-0.2, 0) is 9.47 Å². The van der Waals surface area contributed by atoms with Crippen molar-refractivity contribution in [3.05, 3.63) is 35.9 Å². The summed E-state index contributed by atoms with van der Waals surface area (Å²) in [5.74, 6) is 0. The second kappa shape index (κ2) is 7.75. The molecule has 0 fully saturated rings. The minimum absolute atomic E-state index is 0.198. The Labute approximate surface area is 109 Å². The zero-order valence-electron chi connectivity index (χ0n) is 11.1.